The maximum absolute atomic E-state index is 8.91. The standard InChI is InChI=1S/C10H16N4S/c1-4-14(3)6-5-12-10-9(7-11)8(2)13-15-10/h12H,4-6H2,1-3H3. The Bertz CT molecular complexity index is 353. The number of aryl methyl sites for hydroxylation is 1. The van der Waals surface area contributed by atoms with Gasteiger partial charge in [-0.15, -0.1) is 0 Å². The lowest BCUT2D eigenvalue weighted by molar-refractivity contribution is 0.367. The van der Waals surface area contributed by atoms with Crippen LogP contribution in [-0.4, -0.2) is 36.0 Å². The van der Waals surface area contributed by atoms with E-state index in [0.717, 1.165) is 30.3 Å². The Morgan fingerprint density at radius 3 is 2.93 bits per heavy atom. The molecule has 0 bridgehead atoms. The minimum absolute atomic E-state index is 0.680. The number of likely N-dealkylation sites (N-methyl/N-ethyl adjacent to an activating group) is 1. The highest BCUT2D eigenvalue weighted by Gasteiger charge is 2.08. The highest BCUT2D eigenvalue weighted by Crippen LogP contribution is 2.22. The molecule has 0 spiro atoms. The molecule has 4 nitrogen and oxygen atoms in total. The topological polar surface area (TPSA) is 52.0 Å². The lowest BCUT2D eigenvalue weighted by atomic mass is 10.3. The summed E-state index contributed by atoms with van der Waals surface area (Å²) >= 11 is 1.36. The first-order valence-electron chi connectivity index (χ1n) is 4.97. The van der Waals surface area contributed by atoms with Gasteiger partial charge in [-0.25, -0.2) is 0 Å². The molecule has 1 heterocycles. The van der Waals surface area contributed by atoms with Gasteiger partial charge in [0.2, 0.25) is 0 Å². The quantitative estimate of drug-likeness (QED) is 0.827. The zero-order chi connectivity index (χ0) is 11.3. The van der Waals surface area contributed by atoms with Gasteiger partial charge in [-0.05, 0) is 32.0 Å². The molecule has 0 fully saturated rings. The monoisotopic (exact) mass is 224 g/mol. The molecule has 0 atom stereocenters. The summed E-state index contributed by atoms with van der Waals surface area (Å²) in [5.74, 6) is 0. The fourth-order valence-electron chi connectivity index (χ4n) is 1.14. The number of nitrogens with one attached hydrogen (secondary N) is 1. The second-order valence-electron chi connectivity index (χ2n) is 3.41. The summed E-state index contributed by atoms with van der Waals surface area (Å²) in [5, 5.41) is 13.0. The molecule has 0 saturated heterocycles. The van der Waals surface area contributed by atoms with Crippen molar-refractivity contribution in [2.45, 2.75) is 13.8 Å². The summed E-state index contributed by atoms with van der Waals surface area (Å²) in [7, 11) is 2.07. The Hall–Kier alpha value is -1.12. The van der Waals surface area contributed by atoms with Crippen LogP contribution in [0.1, 0.15) is 18.2 Å². The zero-order valence-corrected chi connectivity index (χ0v) is 10.2. The number of rotatable bonds is 5. The predicted molar refractivity (Wildman–Crippen MR) is 63.2 cm³/mol. The minimum atomic E-state index is 0.680. The lowest BCUT2D eigenvalue weighted by Crippen LogP contribution is -2.24. The molecule has 0 radical (unpaired) electrons. The third-order valence-corrected chi connectivity index (χ3v) is 3.19. The van der Waals surface area contributed by atoms with Crippen LogP contribution < -0.4 is 5.32 Å². The Morgan fingerprint density at radius 2 is 2.33 bits per heavy atom. The Labute approximate surface area is 94.7 Å². The fraction of sp³-hybridized carbons (Fsp3) is 0.600. The molecule has 0 unspecified atom stereocenters. The highest BCUT2D eigenvalue weighted by atomic mass is 32.1. The van der Waals surface area contributed by atoms with E-state index >= 15 is 0 Å². The van der Waals surface area contributed by atoms with Gasteiger partial charge in [0.25, 0.3) is 0 Å². The summed E-state index contributed by atoms with van der Waals surface area (Å²) < 4.78 is 4.15. The van der Waals surface area contributed by atoms with E-state index in [1.54, 1.807) is 0 Å². The van der Waals surface area contributed by atoms with E-state index < -0.39 is 0 Å². The molecule has 1 aromatic rings. The van der Waals surface area contributed by atoms with E-state index in [0.29, 0.717) is 5.56 Å². The summed E-state index contributed by atoms with van der Waals surface area (Å²) in [4.78, 5) is 2.22. The lowest BCUT2D eigenvalue weighted by Gasteiger charge is -2.13. The molecule has 15 heavy (non-hydrogen) atoms. The van der Waals surface area contributed by atoms with Crippen LogP contribution in [0.5, 0.6) is 0 Å². The minimum Gasteiger partial charge on any atom is -0.373 e. The summed E-state index contributed by atoms with van der Waals surface area (Å²) in [6.07, 6.45) is 0. The van der Waals surface area contributed by atoms with Gasteiger partial charge in [0.05, 0.1) is 5.69 Å². The number of nitrogens with zero attached hydrogens (tertiary/aromatic N) is 3. The second-order valence-corrected chi connectivity index (χ2v) is 4.18. The molecule has 0 amide bonds. The first-order chi connectivity index (χ1) is 7.19. The molecular formula is C10H16N4S. The maximum atomic E-state index is 8.91. The molecule has 5 heteroatoms. The van der Waals surface area contributed by atoms with E-state index in [1.165, 1.54) is 11.5 Å². The van der Waals surface area contributed by atoms with Crippen molar-refractivity contribution in [1.29, 1.82) is 5.26 Å². The molecule has 0 aliphatic rings. The molecule has 1 aromatic heterocycles. The van der Waals surface area contributed by atoms with E-state index in [-0.39, 0.29) is 0 Å². The zero-order valence-electron chi connectivity index (χ0n) is 9.37. The number of nitriles is 1. The highest BCUT2D eigenvalue weighted by molar-refractivity contribution is 7.10. The average Bonchev–Trinajstić information content (AvgIpc) is 2.59. The van der Waals surface area contributed by atoms with E-state index in [9.17, 15) is 0 Å². The van der Waals surface area contributed by atoms with Crippen LogP contribution in [0.15, 0.2) is 0 Å². The SMILES string of the molecule is CCN(C)CCNc1snc(C)c1C#N. The van der Waals surface area contributed by atoms with Gasteiger partial charge in [0, 0.05) is 13.1 Å². The number of anilines is 1. The molecule has 0 saturated carbocycles. The largest absolute Gasteiger partial charge is 0.373 e. The third kappa shape index (κ3) is 3.18. The molecule has 0 aliphatic heterocycles. The van der Waals surface area contributed by atoms with Crippen molar-refractivity contribution in [3.05, 3.63) is 11.3 Å². The first kappa shape index (κ1) is 12.0. The third-order valence-electron chi connectivity index (χ3n) is 2.29. The van der Waals surface area contributed by atoms with Crippen LogP contribution in [0, 0.1) is 18.3 Å². The number of hydrogen-bond acceptors (Lipinski definition) is 5. The number of hydrogen-bond donors (Lipinski definition) is 1. The molecule has 0 aliphatic carbocycles. The van der Waals surface area contributed by atoms with Crippen LogP contribution in [0.3, 0.4) is 0 Å². The van der Waals surface area contributed by atoms with Gasteiger partial charge < -0.3 is 10.2 Å². The van der Waals surface area contributed by atoms with Crippen LogP contribution in [-0.2, 0) is 0 Å². The Morgan fingerprint density at radius 1 is 1.60 bits per heavy atom. The summed E-state index contributed by atoms with van der Waals surface area (Å²) in [5.41, 5.74) is 1.49. The van der Waals surface area contributed by atoms with Crippen molar-refractivity contribution in [2.75, 3.05) is 32.0 Å². The van der Waals surface area contributed by atoms with Crippen LogP contribution in [0.2, 0.25) is 0 Å². The summed E-state index contributed by atoms with van der Waals surface area (Å²) in [6.45, 7) is 6.84. The predicted octanol–water partition coefficient (Wildman–Crippen LogP) is 1.69. The normalized spacial score (nSPS) is 10.3. The van der Waals surface area contributed by atoms with Gasteiger partial charge >= 0.3 is 0 Å². The Balaban J connectivity index is 2.48. The van der Waals surface area contributed by atoms with Crippen molar-refractivity contribution in [3.63, 3.8) is 0 Å². The maximum Gasteiger partial charge on any atom is 0.127 e. The van der Waals surface area contributed by atoms with Crippen molar-refractivity contribution < 1.29 is 0 Å². The van der Waals surface area contributed by atoms with E-state index in [4.69, 9.17) is 5.26 Å². The average molecular weight is 224 g/mol. The van der Waals surface area contributed by atoms with Crippen molar-refractivity contribution in [1.82, 2.24) is 9.27 Å². The molecular weight excluding hydrogens is 208 g/mol. The van der Waals surface area contributed by atoms with Crippen molar-refractivity contribution in [2.24, 2.45) is 0 Å². The molecule has 0 aromatic carbocycles. The van der Waals surface area contributed by atoms with Gasteiger partial charge in [-0.3, -0.25) is 0 Å². The van der Waals surface area contributed by atoms with Crippen LogP contribution in [0.25, 0.3) is 0 Å². The van der Waals surface area contributed by atoms with Gasteiger partial charge in [0.15, 0.2) is 0 Å². The Kier molecular flexibility index (Phi) is 4.53. The van der Waals surface area contributed by atoms with E-state index in [1.807, 2.05) is 6.92 Å². The van der Waals surface area contributed by atoms with Gasteiger partial charge in [-0.2, -0.15) is 9.64 Å². The second kappa shape index (κ2) is 5.69. The van der Waals surface area contributed by atoms with Gasteiger partial charge in [-0.1, -0.05) is 6.92 Å². The van der Waals surface area contributed by atoms with Gasteiger partial charge in [0.1, 0.15) is 16.6 Å². The fourth-order valence-corrected chi connectivity index (χ4v) is 1.91. The number of aromatic nitrogens is 1. The summed E-state index contributed by atoms with van der Waals surface area (Å²) in [6, 6.07) is 2.17. The van der Waals surface area contributed by atoms with Crippen LogP contribution in [0.4, 0.5) is 5.00 Å². The van der Waals surface area contributed by atoms with E-state index in [2.05, 4.69) is 34.6 Å². The van der Waals surface area contributed by atoms with Crippen molar-refractivity contribution >= 4 is 16.5 Å². The molecule has 1 N–H and O–H groups in total. The van der Waals surface area contributed by atoms with Crippen molar-refractivity contribution in [3.8, 4) is 6.07 Å². The first-order valence-corrected chi connectivity index (χ1v) is 5.75. The molecule has 1 rings (SSSR count). The molecule has 82 valence electrons. The van der Waals surface area contributed by atoms with Crippen LogP contribution >= 0.6 is 11.5 Å². The smallest absolute Gasteiger partial charge is 0.127 e.